The number of rotatable bonds is 3. The normalized spacial score (nSPS) is 14.6. The number of nitrogens with one attached hydrogen (secondary N) is 3. The molecule has 0 fully saturated rings. The molecule has 0 saturated heterocycles. The number of carbonyl (C=O) groups excluding carboxylic acids is 1. The molecule has 1 aliphatic heterocycles. The lowest BCUT2D eigenvalue weighted by molar-refractivity contribution is -0.110. The van der Waals surface area contributed by atoms with E-state index >= 15 is 0 Å². The molecule has 8 nitrogen and oxygen atoms in total. The van der Waals surface area contributed by atoms with E-state index < -0.39 is 10.0 Å². The van der Waals surface area contributed by atoms with Crippen molar-refractivity contribution < 1.29 is 13.2 Å². The summed E-state index contributed by atoms with van der Waals surface area (Å²) in [4.78, 5) is 12.1. The highest BCUT2D eigenvalue weighted by atomic mass is 79.9. The second-order valence-corrected chi connectivity index (χ2v) is 9.10. The molecule has 27 heavy (non-hydrogen) atoms. The van der Waals surface area contributed by atoms with E-state index in [1.54, 1.807) is 18.2 Å². The number of thiocarbonyl (C=S) groups is 1. The number of benzene rings is 2. The Hall–Kier alpha value is -1.86. The summed E-state index contributed by atoms with van der Waals surface area (Å²) >= 11 is 11.9. The van der Waals surface area contributed by atoms with Crippen LogP contribution in [0, 0.1) is 0 Å². The number of carbonyl (C=O) groups is 1. The predicted molar refractivity (Wildman–Crippen MR) is 114 cm³/mol. The minimum Gasteiger partial charge on any atom is -0.331 e. The lowest BCUT2D eigenvalue weighted by atomic mass is 10.1. The molecule has 0 bridgehead atoms. The molecule has 0 radical (unpaired) electrons. The van der Waals surface area contributed by atoms with E-state index in [0.717, 1.165) is 4.47 Å². The van der Waals surface area contributed by atoms with Crippen LogP contribution in [-0.4, -0.2) is 25.1 Å². The van der Waals surface area contributed by atoms with Gasteiger partial charge in [-0.25, -0.2) is 13.6 Å². The van der Waals surface area contributed by atoms with E-state index in [1.807, 2.05) is 0 Å². The lowest BCUT2D eigenvalue weighted by Gasteiger charge is -2.08. The summed E-state index contributed by atoms with van der Waals surface area (Å²) < 4.78 is 24.3. The van der Waals surface area contributed by atoms with Crippen LogP contribution in [0.1, 0.15) is 5.56 Å². The third-order valence-electron chi connectivity index (χ3n) is 3.45. The number of halogens is 2. The lowest BCUT2D eigenvalue weighted by Crippen LogP contribution is -2.27. The number of hydrogen-bond donors (Lipinski definition) is 4. The van der Waals surface area contributed by atoms with E-state index in [9.17, 15) is 13.2 Å². The second kappa shape index (κ2) is 7.64. The molecule has 1 heterocycles. The Kier molecular flexibility index (Phi) is 5.63. The van der Waals surface area contributed by atoms with E-state index in [1.165, 1.54) is 18.2 Å². The van der Waals surface area contributed by atoms with Crippen LogP contribution in [0.25, 0.3) is 0 Å². The highest BCUT2D eigenvalue weighted by Gasteiger charge is 2.28. The molecule has 0 unspecified atom stereocenters. The monoisotopic (exact) mass is 531 g/mol. The molecule has 1 aliphatic rings. The molecule has 140 valence electrons. The molecule has 0 atom stereocenters. The minimum atomic E-state index is -3.83. The van der Waals surface area contributed by atoms with Gasteiger partial charge in [0.2, 0.25) is 10.0 Å². The summed E-state index contributed by atoms with van der Waals surface area (Å²) in [5, 5.41) is 14.7. The summed E-state index contributed by atoms with van der Waals surface area (Å²) in [6, 6.07) is 9.40. The summed E-state index contributed by atoms with van der Waals surface area (Å²) in [6.07, 6.45) is 0. The van der Waals surface area contributed by atoms with Crippen LogP contribution in [0.3, 0.4) is 0 Å². The van der Waals surface area contributed by atoms with E-state index in [2.05, 4.69) is 53.0 Å². The molecule has 0 saturated carbocycles. The summed E-state index contributed by atoms with van der Waals surface area (Å²) in [5.41, 5.74) is 4.36. The van der Waals surface area contributed by atoms with Crippen molar-refractivity contribution in [3.8, 4) is 0 Å². The first-order valence-corrected chi connectivity index (χ1v) is 10.8. The first-order valence-electron chi connectivity index (χ1n) is 7.23. The molecule has 0 aliphatic carbocycles. The average Bonchev–Trinajstić information content (AvgIpc) is 2.88. The standard InChI is InChI=1S/C15H11Br2N5O3S2/c16-7-4-10-12(11(17)5-7)20-14(23)13(10)21-22-15(26)19-8-2-1-3-9(6-8)27(18,24)25/h1-6H,(H2,18,24,25)(H2,19,22,26)(H,20,21,23). The highest BCUT2D eigenvalue weighted by molar-refractivity contribution is 9.11. The Morgan fingerprint density at radius 1 is 1.22 bits per heavy atom. The molecule has 12 heteroatoms. The number of fused-ring (bicyclic) bond motifs is 1. The first-order chi connectivity index (χ1) is 12.6. The highest BCUT2D eigenvalue weighted by Crippen LogP contribution is 2.34. The number of hydrogen-bond acceptors (Lipinski definition) is 5. The molecule has 1 amide bonds. The van der Waals surface area contributed by atoms with Gasteiger partial charge in [-0.05, 0) is 58.5 Å². The molecule has 0 spiro atoms. The van der Waals surface area contributed by atoms with Crippen LogP contribution in [0.2, 0.25) is 0 Å². The maximum atomic E-state index is 12.2. The van der Waals surface area contributed by atoms with Crippen LogP contribution >= 0.6 is 44.1 Å². The van der Waals surface area contributed by atoms with Crippen LogP contribution < -0.4 is 21.2 Å². The van der Waals surface area contributed by atoms with Gasteiger partial charge < -0.3 is 10.6 Å². The quantitative estimate of drug-likeness (QED) is 0.355. The van der Waals surface area contributed by atoms with Crippen molar-refractivity contribution in [1.29, 1.82) is 0 Å². The number of amides is 1. The predicted octanol–water partition coefficient (Wildman–Crippen LogP) is 2.50. The number of anilines is 2. The Morgan fingerprint density at radius 2 is 1.96 bits per heavy atom. The number of nitrogens with two attached hydrogens (primary N) is 1. The van der Waals surface area contributed by atoms with Gasteiger partial charge in [0.25, 0.3) is 5.91 Å². The van der Waals surface area contributed by atoms with E-state index in [0.29, 0.717) is 21.4 Å². The Morgan fingerprint density at radius 3 is 2.67 bits per heavy atom. The van der Waals surface area contributed by atoms with Crippen molar-refractivity contribution in [2.45, 2.75) is 4.90 Å². The van der Waals surface area contributed by atoms with Crippen LogP contribution in [0.4, 0.5) is 11.4 Å². The van der Waals surface area contributed by atoms with Gasteiger partial charge in [0.15, 0.2) is 10.8 Å². The molecule has 0 aromatic heterocycles. The van der Waals surface area contributed by atoms with Crippen LogP contribution in [0.15, 0.2) is 55.3 Å². The fraction of sp³-hybridized carbons (Fsp3) is 0. The van der Waals surface area contributed by atoms with E-state index in [-0.39, 0.29) is 21.6 Å². The van der Waals surface area contributed by atoms with Crippen molar-refractivity contribution in [3.63, 3.8) is 0 Å². The summed E-state index contributed by atoms with van der Waals surface area (Å²) in [5.74, 6) is -0.379. The second-order valence-electron chi connectivity index (χ2n) is 5.36. The Bertz CT molecular complexity index is 1100. The largest absolute Gasteiger partial charge is 0.331 e. The van der Waals surface area contributed by atoms with Crippen molar-refractivity contribution >= 4 is 82.2 Å². The zero-order chi connectivity index (χ0) is 19.8. The number of hydrazone groups is 1. The average molecular weight is 533 g/mol. The summed E-state index contributed by atoms with van der Waals surface area (Å²) in [7, 11) is -3.83. The van der Waals surface area contributed by atoms with Crippen LogP contribution in [0.5, 0.6) is 0 Å². The van der Waals surface area contributed by atoms with Crippen molar-refractivity contribution in [3.05, 3.63) is 50.9 Å². The molecule has 2 aromatic rings. The molecule has 5 N–H and O–H groups in total. The number of primary sulfonamides is 1. The smallest absolute Gasteiger partial charge is 0.276 e. The van der Waals surface area contributed by atoms with Crippen LogP contribution in [-0.2, 0) is 14.8 Å². The van der Waals surface area contributed by atoms with Gasteiger partial charge in [-0.1, -0.05) is 22.0 Å². The zero-order valence-corrected chi connectivity index (χ0v) is 18.1. The van der Waals surface area contributed by atoms with Gasteiger partial charge in [0.1, 0.15) is 0 Å². The maximum absolute atomic E-state index is 12.2. The van der Waals surface area contributed by atoms with Gasteiger partial charge in [-0.2, -0.15) is 5.10 Å². The third-order valence-corrected chi connectivity index (χ3v) is 5.64. The molecule has 2 aromatic carbocycles. The first kappa shape index (κ1) is 19.9. The third kappa shape index (κ3) is 4.52. The van der Waals surface area contributed by atoms with E-state index in [4.69, 9.17) is 17.4 Å². The maximum Gasteiger partial charge on any atom is 0.276 e. The Balaban J connectivity index is 1.78. The topological polar surface area (TPSA) is 126 Å². The number of sulfonamides is 1. The fourth-order valence-electron chi connectivity index (χ4n) is 2.31. The molecular formula is C15H11Br2N5O3S2. The van der Waals surface area contributed by atoms with Gasteiger partial charge in [0.05, 0.1) is 10.6 Å². The van der Waals surface area contributed by atoms with Gasteiger partial charge >= 0.3 is 0 Å². The van der Waals surface area contributed by atoms with Gasteiger partial charge in [-0.3, -0.25) is 10.2 Å². The van der Waals surface area contributed by atoms with Gasteiger partial charge in [-0.15, -0.1) is 0 Å². The van der Waals surface area contributed by atoms with Crippen molar-refractivity contribution in [2.24, 2.45) is 10.2 Å². The fourth-order valence-corrected chi connectivity index (χ4v) is 4.36. The SMILES string of the molecule is NS(=O)(=O)c1cccc(NC(=S)NN=C2C(=O)Nc3c(Br)cc(Br)cc32)c1. The zero-order valence-electron chi connectivity index (χ0n) is 13.3. The Labute approximate surface area is 176 Å². The van der Waals surface area contributed by atoms with Crippen molar-refractivity contribution in [2.75, 3.05) is 10.6 Å². The minimum absolute atomic E-state index is 0.0552. The summed E-state index contributed by atoms with van der Waals surface area (Å²) in [6.45, 7) is 0. The molecular weight excluding hydrogens is 522 g/mol. The van der Waals surface area contributed by atoms with Crippen molar-refractivity contribution in [1.82, 2.24) is 5.43 Å². The number of nitrogens with zero attached hydrogens (tertiary/aromatic N) is 1. The van der Waals surface area contributed by atoms with Gasteiger partial charge in [0, 0.05) is 20.2 Å². The molecule has 3 rings (SSSR count).